The van der Waals surface area contributed by atoms with Crippen molar-refractivity contribution >= 4 is 11.9 Å². The minimum Gasteiger partial charge on any atom is -0.497 e. The predicted molar refractivity (Wildman–Crippen MR) is 101 cm³/mol. The number of aryl methyl sites for hydroxylation is 1. The average Bonchev–Trinajstić information content (AvgIpc) is 2.65. The summed E-state index contributed by atoms with van der Waals surface area (Å²) in [5.74, 6) is 1.76. The number of methoxy groups -OCH3 is 1. The first-order valence-corrected chi connectivity index (χ1v) is 8.69. The number of aromatic nitrogens is 2. The summed E-state index contributed by atoms with van der Waals surface area (Å²) >= 11 is 0. The topological polar surface area (TPSA) is 85.4 Å². The first kappa shape index (κ1) is 19.5. The van der Waals surface area contributed by atoms with E-state index in [2.05, 4.69) is 20.6 Å². The molecule has 26 heavy (non-hydrogen) atoms. The van der Waals surface area contributed by atoms with Gasteiger partial charge in [-0.05, 0) is 50.6 Å². The summed E-state index contributed by atoms with van der Waals surface area (Å²) < 4.78 is 10.8. The highest BCUT2D eigenvalue weighted by atomic mass is 16.5. The molecule has 0 bridgehead atoms. The van der Waals surface area contributed by atoms with Crippen molar-refractivity contribution in [3.8, 4) is 11.5 Å². The molecule has 0 aliphatic rings. The molecule has 0 aliphatic carbocycles. The molecule has 1 amide bonds. The molecule has 2 N–H and O–H groups in total. The van der Waals surface area contributed by atoms with Crippen LogP contribution < -0.4 is 20.1 Å². The lowest BCUT2D eigenvalue weighted by Crippen LogP contribution is -2.32. The summed E-state index contributed by atoms with van der Waals surface area (Å²) in [5.41, 5.74) is 1.09. The van der Waals surface area contributed by atoms with Gasteiger partial charge in [0.25, 0.3) is 5.91 Å². The smallest absolute Gasteiger partial charge is 0.270 e. The first-order chi connectivity index (χ1) is 12.5. The lowest BCUT2D eigenvalue weighted by Gasteiger charge is -2.12. The third-order valence-electron chi connectivity index (χ3n) is 3.79. The Bertz CT molecular complexity index is 719. The van der Waals surface area contributed by atoms with Crippen LogP contribution >= 0.6 is 0 Å². The number of ether oxygens (including phenoxy) is 2. The number of carbonyl (C=O) groups is 1. The standard InChI is InChI=1S/C19H26N4O3/c1-5-13(2)21-18(24)17-12-14(3)22-19(23-17)20-10-11-26-16-8-6-15(25-4)7-9-16/h6-9,12-13H,5,10-11H2,1-4H3,(H,21,24)(H,20,22,23). The Morgan fingerprint density at radius 1 is 1.19 bits per heavy atom. The zero-order valence-corrected chi connectivity index (χ0v) is 15.7. The van der Waals surface area contributed by atoms with Crippen LogP contribution in [-0.2, 0) is 0 Å². The lowest BCUT2D eigenvalue weighted by molar-refractivity contribution is 0.0934. The van der Waals surface area contributed by atoms with Gasteiger partial charge in [0.15, 0.2) is 0 Å². The van der Waals surface area contributed by atoms with Crippen LogP contribution in [0.25, 0.3) is 0 Å². The van der Waals surface area contributed by atoms with Crippen LogP contribution in [0.4, 0.5) is 5.95 Å². The highest BCUT2D eigenvalue weighted by Gasteiger charge is 2.12. The number of benzene rings is 1. The normalized spacial score (nSPS) is 11.5. The van der Waals surface area contributed by atoms with Gasteiger partial charge in [0.2, 0.25) is 5.95 Å². The van der Waals surface area contributed by atoms with Crippen LogP contribution in [0, 0.1) is 6.92 Å². The molecule has 0 saturated heterocycles. The molecule has 7 nitrogen and oxygen atoms in total. The maximum Gasteiger partial charge on any atom is 0.270 e. The molecule has 0 spiro atoms. The molecule has 0 saturated carbocycles. The number of amides is 1. The molecular weight excluding hydrogens is 332 g/mol. The third-order valence-corrected chi connectivity index (χ3v) is 3.79. The minimum absolute atomic E-state index is 0.104. The number of hydrogen-bond donors (Lipinski definition) is 2. The minimum atomic E-state index is -0.192. The maximum atomic E-state index is 12.2. The fraction of sp³-hybridized carbons (Fsp3) is 0.421. The SMILES string of the molecule is CCC(C)NC(=O)c1cc(C)nc(NCCOc2ccc(OC)cc2)n1. The van der Waals surface area contributed by atoms with Gasteiger partial charge in [-0.15, -0.1) is 0 Å². The number of nitrogens with one attached hydrogen (secondary N) is 2. The molecule has 2 rings (SSSR count). The number of anilines is 1. The van der Waals surface area contributed by atoms with E-state index in [1.807, 2.05) is 45.0 Å². The van der Waals surface area contributed by atoms with Gasteiger partial charge in [-0.25, -0.2) is 9.97 Å². The van der Waals surface area contributed by atoms with Crippen molar-refractivity contribution in [2.24, 2.45) is 0 Å². The summed E-state index contributed by atoms with van der Waals surface area (Å²) in [6, 6.07) is 9.16. The Kier molecular flexibility index (Phi) is 7.20. The highest BCUT2D eigenvalue weighted by Crippen LogP contribution is 2.16. The van der Waals surface area contributed by atoms with E-state index in [1.165, 1.54) is 0 Å². The first-order valence-electron chi connectivity index (χ1n) is 8.69. The Hall–Kier alpha value is -2.83. The highest BCUT2D eigenvalue weighted by molar-refractivity contribution is 5.92. The van der Waals surface area contributed by atoms with E-state index in [9.17, 15) is 4.79 Å². The van der Waals surface area contributed by atoms with Gasteiger partial charge < -0.3 is 20.1 Å². The van der Waals surface area contributed by atoms with Crippen molar-refractivity contribution in [3.05, 3.63) is 41.7 Å². The number of carbonyl (C=O) groups excluding carboxylic acids is 1. The zero-order valence-electron chi connectivity index (χ0n) is 15.7. The largest absolute Gasteiger partial charge is 0.497 e. The molecule has 1 atom stereocenters. The molecule has 1 aromatic heterocycles. The molecule has 0 radical (unpaired) electrons. The summed E-state index contributed by atoms with van der Waals surface area (Å²) in [6.45, 7) is 6.77. The zero-order chi connectivity index (χ0) is 18.9. The van der Waals surface area contributed by atoms with E-state index in [1.54, 1.807) is 13.2 Å². The number of nitrogens with zero attached hydrogens (tertiary/aromatic N) is 2. The summed E-state index contributed by atoms with van der Waals surface area (Å²) in [5, 5.41) is 6.00. The van der Waals surface area contributed by atoms with Crippen molar-refractivity contribution in [1.29, 1.82) is 0 Å². The van der Waals surface area contributed by atoms with Crippen LogP contribution in [0.2, 0.25) is 0 Å². The average molecular weight is 358 g/mol. The van der Waals surface area contributed by atoms with E-state index in [0.717, 1.165) is 23.6 Å². The van der Waals surface area contributed by atoms with Gasteiger partial charge >= 0.3 is 0 Å². The van der Waals surface area contributed by atoms with E-state index in [4.69, 9.17) is 9.47 Å². The molecule has 0 aliphatic heterocycles. The van der Waals surface area contributed by atoms with E-state index in [0.29, 0.717) is 24.8 Å². The quantitative estimate of drug-likeness (QED) is 0.671. The Balaban J connectivity index is 1.87. The molecule has 7 heteroatoms. The Morgan fingerprint density at radius 2 is 1.88 bits per heavy atom. The summed E-state index contributed by atoms with van der Waals surface area (Å²) in [7, 11) is 1.62. The monoisotopic (exact) mass is 358 g/mol. The fourth-order valence-electron chi connectivity index (χ4n) is 2.17. The number of rotatable bonds is 9. The second kappa shape index (κ2) is 9.60. The van der Waals surface area contributed by atoms with Crippen molar-refractivity contribution < 1.29 is 14.3 Å². The molecule has 1 unspecified atom stereocenters. The molecular formula is C19H26N4O3. The van der Waals surface area contributed by atoms with Crippen LogP contribution in [-0.4, -0.2) is 42.2 Å². The van der Waals surface area contributed by atoms with Crippen LogP contribution in [0.1, 0.15) is 36.5 Å². The van der Waals surface area contributed by atoms with Crippen LogP contribution in [0.3, 0.4) is 0 Å². The van der Waals surface area contributed by atoms with E-state index >= 15 is 0 Å². The summed E-state index contributed by atoms with van der Waals surface area (Å²) in [4.78, 5) is 20.8. The van der Waals surface area contributed by atoms with Crippen LogP contribution in [0.15, 0.2) is 30.3 Å². The van der Waals surface area contributed by atoms with Gasteiger partial charge in [0.1, 0.15) is 23.8 Å². The Labute approximate surface area is 154 Å². The van der Waals surface area contributed by atoms with Crippen molar-refractivity contribution in [2.75, 3.05) is 25.6 Å². The second-order valence-electron chi connectivity index (χ2n) is 5.95. The fourth-order valence-corrected chi connectivity index (χ4v) is 2.17. The molecule has 1 aromatic carbocycles. The van der Waals surface area contributed by atoms with E-state index in [-0.39, 0.29) is 11.9 Å². The predicted octanol–water partition coefficient (Wildman–Crippen LogP) is 2.81. The van der Waals surface area contributed by atoms with Crippen molar-refractivity contribution in [3.63, 3.8) is 0 Å². The summed E-state index contributed by atoms with van der Waals surface area (Å²) in [6.07, 6.45) is 0.865. The Morgan fingerprint density at radius 3 is 2.54 bits per heavy atom. The van der Waals surface area contributed by atoms with Gasteiger partial charge in [-0.3, -0.25) is 4.79 Å². The van der Waals surface area contributed by atoms with E-state index < -0.39 is 0 Å². The third kappa shape index (κ3) is 5.91. The molecule has 2 aromatic rings. The number of hydrogen-bond acceptors (Lipinski definition) is 6. The second-order valence-corrected chi connectivity index (χ2v) is 5.95. The van der Waals surface area contributed by atoms with Crippen molar-refractivity contribution in [1.82, 2.24) is 15.3 Å². The van der Waals surface area contributed by atoms with Gasteiger partial charge in [-0.2, -0.15) is 0 Å². The van der Waals surface area contributed by atoms with Crippen molar-refractivity contribution in [2.45, 2.75) is 33.2 Å². The van der Waals surface area contributed by atoms with Gasteiger partial charge in [-0.1, -0.05) is 6.92 Å². The maximum absolute atomic E-state index is 12.2. The van der Waals surface area contributed by atoms with Gasteiger partial charge in [0.05, 0.1) is 13.7 Å². The lowest BCUT2D eigenvalue weighted by atomic mass is 10.2. The van der Waals surface area contributed by atoms with Crippen LogP contribution in [0.5, 0.6) is 11.5 Å². The molecule has 0 fully saturated rings. The van der Waals surface area contributed by atoms with Gasteiger partial charge in [0, 0.05) is 11.7 Å². The molecule has 1 heterocycles. The molecule has 140 valence electrons.